The van der Waals surface area contributed by atoms with Crippen molar-refractivity contribution in [3.63, 3.8) is 0 Å². The number of carbonyl (C=O) groups is 1. The van der Waals surface area contributed by atoms with Crippen molar-refractivity contribution in [1.29, 1.82) is 0 Å². The van der Waals surface area contributed by atoms with E-state index in [4.69, 9.17) is 0 Å². The van der Waals surface area contributed by atoms with E-state index in [-0.39, 0.29) is 5.91 Å². The molecule has 0 spiro atoms. The summed E-state index contributed by atoms with van der Waals surface area (Å²) in [5.74, 6) is -0.105. The third-order valence-corrected chi connectivity index (χ3v) is 5.98. The van der Waals surface area contributed by atoms with Crippen LogP contribution in [0, 0.1) is 0 Å². The monoisotopic (exact) mass is 366 g/mol. The van der Waals surface area contributed by atoms with Gasteiger partial charge in [0, 0.05) is 32.6 Å². The molecule has 25 heavy (non-hydrogen) atoms. The van der Waals surface area contributed by atoms with E-state index in [2.05, 4.69) is 42.3 Å². The summed E-state index contributed by atoms with van der Waals surface area (Å²) in [6.45, 7) is 4.29. The third kappa shape index (κ3) is 3.34. The number of nitrogens with zero attached hydrogens (tertiary/aromatic N) is 1. The summed E-state index contributed by atoms with van der Waals surface area (Å²) in [6.07, 6.45) is 0.902. The zero-order chi connectivity index (χ0) is 17.4. The second-order valence-corrected chi connectivity index (χ2v) is 9.01. The summed E-state index contributed by atoms with van der Waals surface area (Å²) >= 11 is 3.32. The van der Waals surface area contributed by atoms with Gasteiger partial charge in [0.1, 0.15) is 0 Å². The van der Waals surface area contributed by atoms with Gasteiger partial charge in [-0.2, -0.15) is 0 Å². The lowest BCUT2D eigenvalue weighted by Gasteiger charge is -2.07. The van der Waals surface area contributed by atoms with Crippen LogP contribution < -0.4 is 5.32 Å². The molecular weight excluding hydrogens is 348 g/mol. The Labute approximate surface area is 155 Å². The molecular formula is C20H18N2OS2. The van der Waals surface area contributed by atoms with Crippen LogP contribution in [-0.4, -0.2) is 16.1 Å². The molecule has 0 aliphatic heterocycles. The molecule has 1 N–H and O–H groups in total. The first kappa shape index (κ1) is 16.4. The van der Waals surface area contributed by atoms with Gasteiger partial charge < -0.3 is 0 Å². The van der Waals surface area contributed by atoms with Crippen molar-refractivity contribution in [3.05, 3.63) is 64.5 Å². The van der Waals surface area contributed by atoms with E-state index in [9.17, 15) is 4.79 Å². The lowest BCUT2D eigenvalue weighted by Crippen LogP contribution is -2.11. The van der Waals surface area contributed by atoms with Crippen LogP contribution in [0.25, 0.3) is 11.3 Å². The highest BCUT2D eigenvalue weighted by molar-refractivity contribution is 7.99. The van der Waals surface area contributed by atoms with Gasteiger partial charge in [-0.1, -0.05) is 44.2 Å². The van der Waals surface area contributed by atoms with E-state index < -0.39 is 0 Å². The first-order valence-corrected chi connectivity index (χ1v) is 9.96. The summed E-state index contributed by atoms with van der Waals surface area (Å²) < 4.78 is 0. The number of amides is 1. The molecule has 0 bridgehead atoms. The van der Waals surface area contributed by atoms with Crippen LogP contribution in [0.2, 0.25) is 0 Å². The highest BCUT2D eigenvalue weighted by Crippen LogP contribution is 2.40. The van der Waals surface area contributed by atoms with Gasteiger partial charge in [0.25, 0.3) is 5.91 Å². The average molecular weight is 367 g/mol. The first-order valence-electron chi connectivity index (χ1n) is 8.26. The number of thiazole rings is 1. The van der Waals surface area contributed by atoms with E-state index in [1.807, 2.05) is 30.3 Å². The quantitative estimate of drug-likeness (QED) is 0.487. The van der Waals surface area contributed by atoms with Crippen LogP contribution >= 0.6 is 23.1 Å². The van der Waals surface area contributed by atoms with Crippen molar-refractivity contribution in [1.82, 2.24) is 4.98 Å². The maximum atomic E-state index is 12.6. The molecule has 1 heterocycles. The fourth-order valence-electron chi connectivity index (χ4n) is 2.97. The Hall–Kier alpha value is -2.11. The summed E-state index contributed by atoms with van der Waals surface area (Å²) in [5, 5.41) is 4.12. The van der Waals surface area contributed by atoms with Gasteiger partial charge in [0.15, 0.2) is 5.13 Å². The molecule has 0 fully saturated rings. The molecule has 5 heteroatoms. The fourth-order valence-corrected chi connectivity index (χ4v) is 4.86. The highest BCUT2D eigenvalue weighted by atomic mass is 32.2. The molecule has 0 radical (unpaired) electrons. The van der Waals surface area contributed by atoms with Gasteiger partial charge in [0.2, 0.25) is 0 Å². The molecule has 0 saturated heterocycles. The zero-order valence-corrected chi connectivity index (χ0v) is 15.7. The summed E-state index contributed by atoms with van der Waals surface area (Å²) in [7, 11) is 0. The van der Waals surface area contributed by atoms with Crippen LogP contribution in [0.15, 0.2) is 53.4 Å². The Bertz CT molecular complexity index is 946. The van der Waals surface area contributed by atoms with E-state index in [1.54, 1.807) is 23.1 Å². The molecule has 0 saturated carbocycles. The van der Waals surface area contributed by atoms with Gasteiger partial charge in [-0.25, -0.2) is 4.98 Å². The van der Waals surface area contributed by atoms with Crippen molar-refractivity contribution >= 4 is 34.1 Å². The summed E-state index contributed by atoms with van der Waals surface area (Å²) in [4.78, 5) is 19.6. The van der Waals surface area contributed by atoms with E-state index >= 15 is 0 Å². The molecule has 1 aliphatic carbocycles. The molecule has 0 unspecified atom stereocenters. The Morgan fingerprint density at radius 2 is 2.04 bits per heavy atom. The van der Waals surface area contributed by atoms with Crippen LogP contribution in [0.1, 0.15) is 34.6 Å². The number of anilines is 1. The molecule has 1 amide bonds. The number of nitrogens with one attached hydrogen (secondary N) is 1. The number of rotatable bonds is 4. The van der Waals surface area contributed by atoms with Crippen molar-refractivity contribution in [2.24, 2.45) is 0 Å². The minimum absolute atomic E-state index is 0.105. The largest absolute Gasteiger partial charge is 0.298 e. The minimum Gasteiger partial charge on any atom is -0.298 e. The molecule has 126 valence electrons. The number of carbonyl (C=O) groups excluding carboxylic acids is 1. The smallest absolute Gasteiger partial charge is 0.257 e. The Morgan fingerprint density at radius 1 is 1.20 bits per heavy atom. The van der Waals surface area contributed by atoms with Crippen LogP contribution in [0.4, 0.5) is 5.13 Å². The number of fused-ring (bicyclic) bond motifs is 3. The van der Waals surface area contributed by atoms with Crippen molar-refractivity contribution in [2.45, 2.75) is 30.4 Å². The summed E-state index contributed by atoms with van der Waals surface area (Å²) in [5.41, 5.74) is 4.18. The van der Waals surface area contributed by atoms with Gasteiger partial charge in [0.05, 0.1) is 5.69 Å². The molecule has 0 atom stereocenters. The first-order chi connectivity index (χ1) is 12.1. The highest BCUT2D eigenvalue weighted by Gasteiger charge is 2.23. The number of benzene rings is 2. The number of aromatic nitrogens is 1. The molecule has 2 aromatic carbocycles. The third-order valence-electron chi connectivity index (χ3n) is 4.01. The SMILES string of the molecule is CC(C)Sc1cccc(C(=O)Nc2nc3c(s2)Cc2ccccc2-3)c1. The van der Waals surface area contributed by atoms with Crippen LogP contribution in [0.5, 0.6) is 0 Å². The Kier molecular flexibility index (Phi) is 4.36. The van der Waals surface area contributed by atoms with E-state index in [0.29, 0.717) is 15.9 Å². The molecule has 1 aromatic heterocycles. The minimum atomic E-state index is -0.105. The second kappa shape index (κ2) is 6.65. The second-order valence-electron chi connectivity index (χ2n) is 6.27. The fraction of sp³-hybridized carbons (Fsp3) is 0.200. The molecule has 3 nitrogen and oxygen atoms in total. The maximum absolute atomic E-state index is 12.6. The van der Waals surface area contributed by atoms with Gasteiger partial charge in [-0.15, -0.1) is 23.1 Å². The standard InChI is InChI=1S/C20H18N2OS2/c1-12(2)24-15-8-5-7-14(10-15)19(23)22-20-21-18-16-9-4-3-6-13(16)11-17(18)25-20/h3-10,12H,11H2,1-2H3,(H,21,22,23). The molecule has 1 aliphatic rings. The van der Waals surface area contributed by atoms with E-state index in [0.717, 1.165) is 17.0 Å². The molecule has 3 aromatic rings. The molecule has 4 rings (SSSR count). The Morgan fingerprint density at radius 3 is 2.88 bits per heavy atom. The predicted octanol–water partition coefficient (Wildman–Crippen LogP) is 5.47. The van der Waals surface area contributed by atoms with Gasteiger partial charge in [-0.05, 0) is 23.8 Å². The summed E-state index contributed by atoms with van der Waals surface area (Å²) in [6, 6.07) is 16.1. The van der Waals surface area contributed by atoms with Crippen molar-refractivity contribution in [3.8, 4) is 11.3 Å². The Balaban J connectivity index is 1.53. The van der Waals surface area contributed by atoms with Crippen LogP contribution in [-0.2, 0) is 6.42 Å². The lowest BCUT2D eigenvalue weighted by molar-refractivity contribution is 0.102. The van der Waals surface area contributed by atoms with Gasteiger partial charge >= 0.3 is 0 Å². The predicted molar refractivity (Wildman–Crippen MR) is 106 cm³/mol. The van der Waals surface area contributed by atoms with Crippen molar-refractivity contribution < 1.29 is 4.79 Å². The zero-order valence-electron chi connectivity index (χ0n) is 14.1. The number of hydrogen-bond donors (Lipinski definition) is 1. The van der Waals surface area contributed by atoms with Gasteiger partial charge in [-0.3, -0.25) is 10.1 Å². The maximum Gasteiger partial charge on any atom is 0.257 e. The average Bonchev–Trinajstić information content (AvgIpc) is 3.11. The topological polar surface area (TPSA) is 42.0 Å². The van der Waals surface area contributed by atoms with Crippen LogP contribution in [0.3, 0.4) is 0 Å². The van der Waals surface area contributed by atoms with E-state index in [1.165, 1.54) is 16.0 Å². The number of thioether (sulfide) groups is 1. The normalized spacial score (nSPS) is 12.1. The van der Waals surface area contributed by atoms with Crippen molar-refractivity contribution in [2.75, 3.05) is 5.32 Å². The lowest BCUT2D eigenvalue weighted by atomic mass is 10.1. The number of hydrogen-bond acceptors (Lipinski definition) is 4.